The van der Waals surface area contributed by atoms with E-state index in [0.29, 0.717) is 5.56 Å². The summed E-state index contributed by atoms with van der Waals surface area (Å²) in [5.41, 5.74) is 0.552. The number of sulfonamides is 1. The lowest BCUT2D eigenvalue weighted by Crippen LogP contribution is -2.50. The molecule has 1 amide bonds. The van der Waals surface area contributed by atoms with Crippen molar-refractivity contribution in [1.29, 1.82) is 0 Å². The van der Waals surface area contributed by atoms with E-state index in [4.69, 9.17) is 0 Å². The van der Waals surface area contributed by atoms with E-state index in [9.17, 15) is 22.0 Å². The van der Waals surface area contributed by atoms with Gasteiger partial charge in [-0.3, -0.25) is 4.79 Å². The van der Waals surface area contributed by atoms with Crippen LogP contribution in [0.25, 0.3) is 0 Å². The molecule has 0 aliphatic carbocycles. The minimum Gasteiger partial charge on any atom is -0.336 e. The number of nitrogens with zero attached hydrogens (tertiary/aromatic N) is 2. The Labute approximate surface area is 142 Å². The summed E-state index contributed by atoms with van der Waals surface area (Å²) in [5.74, 6) is -2.41. The van der Waals surface area contributed by atoms with Crippen molar-refractivity contribution >= 4 is 27.3 Å². The van der Waals surface area contributed by atoms with E-state index in [1.54, 1.807) is 16.8 Å². The fourth-order valence-corrected chi connectivity index (χ4v) is 4.72. The standard InChI is InChI=1S/C15H14F2N2O3S2/c16-12-2-1-3-13(17)14(12)24(21,22)19-7-5-18(6-8-19)15(20)11-4-9-23-10-11/h1-4,9-10H,5-8H2. The van der Waals surface area contributed by atoms with Crippen molar-refractivity contribution in [1.82, 2.24) is 9.21 Å². The highest BCUT2D eigenvalue weighted by molar-refractivity contribution is 7.89. The number of carbonyl (C=O) groups is 1. The average molecular weight is 372 g/mol. The van der Waals surface area contributed by atoms with Gasteiger partial charge in [0.15, 0.2) is 4.90 Å². The normalized spacial score (nSPS) is 16.3. The van der Waals surface area contributed by atoms with Gasteiger partial charge in [-0.1, -0.05) is 6.07 Å². The number of piperazine rings is 1. The van der Waals surface area contributed by atoms with Crippen molar-refractivity contribution in [3.05, 3.63) is 52.2 Å². The molecule has 5 nitrogen and oxygen atoms in total. The third kappa shape index (κ3) is 3.06. The molecule has 2 aromatic rings. The molecule has 0 radical (unpaired) electrons. The van der Waals surface area contributed by atoms with Crippen molar-refractivity contribution in [2.24, 2.45) is 0 Å². The predicted octanol–water partition coefficient (Wildman–Crippen LogP) is 2.17. The number of hydrogen-bond acceptors (Lipinski definition) is 4. The van der Waals surface area contributed by atoms with Crippen LogP contribution in [0.1, 0.15) is 10.4 Å². The second-order valence-electron chi connectivity index (χ2n) is 5.26. The fraction of sp³-hybridized carbons (Fsp3) is 0.267. The highest BCUT2D eigenvalue weighted by Crippen LogP contribution is 2.24. The van der Waals surface area contributed by atoms with Crippen LogP contribution in [-0.4, -0.2) is 49.7 Å². The number of thiophene rings is 1. The number of amides is 1. The van der Waals surface area contributed by atoms with E-state index in [0.717, 1.165) is 22.5 Å². The summed E-state index contributed by atoms with van der Waals surface area (Å²) in [4.78, 5) is 12.8. The van der Waals surface area contributed by atoms with Crippen molar-refractivity contribution in [2.45, 2.75) is 4.90 Å². The van der Waals surface area contributed by atoms with E-state index in [1.807, 2.05) is 0 Å². The molecule has 2 heterocycles. The van der Waals surface area contributed by atoms with Gasteiger partial charge in [0.05, 0.1) is 5.56 Å². The molecule has 1 aliphatic rings. The van der Waals surface area contributed by atoms with Gasteiger partial charge in [-0.15, -0.1) is 0 Å². The van der Waals surface area contributed by atoms with Crippen LogP contribution in [0.4, 0.5) is 8.78 Å². The summed E-state index contributed by atoms with van der Waals surface area (Å²) in [6, 6.07) is 4.63. The summed E-state index contributed by atoms with van der Waals surface area (Å²) in [6.07, 6.45) is 0. The largest absolute Gasteiger partial charge is 0.336 e. The molecule has 9 heteroatoms. The Bertz CT molecular complexity index is 825. The van der Waals surface area contributed by atoms with E-state index in [2.05, 4.69) is 0 Å². The van der Waals surface area contributed by atoms with Crippen molar-refractivity contribution in [2.75, 3.05) is 26.2 Å². The molecule has 0 bridgehead atoms. The molecule has 0 atom stereocenters. The summed E-state index contributed by atoms with van der Waals surface area (Å²) in [5, 5.41) is 3.51. The Morgan fingerprint density at radius 2 is 1.67 bits per heavy atom. The predicted molar refractivity (Wildman–Crippen MR) is 85.3 cm³/mol. The van der Waals surface area contributed by atoms with E-state index < -0.39 is 26.6 Å². The van der Waals surface area contributed by atoms with Crippen LogP contribution in [0.5, 0.6) is 0 Å². The Hall–Kier alpha value is -1.84. The molecule has 3 rings (SSSR count). The smallest absolute Gasteiger partial charge is 0.254 e. The van der Waals surface area contributed by atoms with Gasteiger partial charge >= 0.3 is 0 Å². The SMILES string of the molecule is O=C(c1ccsc1)N1CCN(S(=O)(=O)c2c(F)cccc2F)CC1. The van der Waals surface area contributed by atoms with Crippen LogP contribution in [0.3, 0.4) is 0 Å². The molecule has 0 N–H and O–H groups in total. The van der Waals surface area contributed by atoms with Gasteiger partial charge in [0.25, 0.3) is 5.91 Å². The molecule has 1 aromatic carbocycles. The highest BCUT2D eigenvalue weighted by Gasteiger charge is 2.34. The molecule has 0 saturated carbocycles. The second-order valence-corrected chi connectivity index (χ2v) is 7.91. The number of halogens is 2. The fourth-order valence-electron chi connectivity index (χ4n) is 2.56. The first-order valence-corrected chi connectivity index (χ1v) is 9.55. The number of rotatable bonds is 3. The van der Waals surface area contributed by atoms with E-state index in [-0.39, 0.29) is 32.1 Å². The van der Waals surface area contributed by atoms with E-state index >= 15 is 0 Å². The Kier molecular flexibility index (Phi) is 4.66. The minimum atomic E-state index is -4.28. The van der Waals surface area contributed by atoms with Crippen molar-refractivity contribution < 1.29 is 22.0 Å². The van der Waals surface area contributed by atoms with Gasteiger partial charge in [-0.25, -0.2) is 17.2 Å². The van der Waals surface area contributed by atoms with Gasteiger partial charge in [0.2, 0.25) is 10.0 Å². The molecular weight excluding hydrogens is 358 g/mol. The maximum Gasteiger partial charge on any atom is 0.254 e. The molecule has 0 spiro atoms. The Balaban J connectivity index is 1.76. The summed E-state index contributed by atoms with van der Waals surface area (Å²) >= 11 is 1.40. The maximum absolute atomic E-state index is 13.8. The first kappa shape index (κ1) is 17.0. The number of carbonyl (C=O) groups excluding carboxylic acids is 1. The van der Waals surface area contributed by atoms with Gasteiger partial charge in [-0.05, 0) is 23.6 Å². The lowest BCUT2D eigenvalue weighted by molar-refractivity contribution is 0.0698. The van der Waals surface area contributed by atoms with Crippen molar-refractivity contribution in [3.8, 4) is 0 Å². The number of hydrogen-bond donors (Lipinski definition) is 0. The zero-order chi connectivity index (χ0) is 17.3. The summed E-state index contributed by atoms with van der Waals surface area (Å²) < 4.78 is 53.5. The molecule has 1 aliphatic heterocycles. The molecular formula is C15H14F2N2O3S2. The van der Waals surface area contributed by atoms with Crippen LogP contribution in [0, 0.1) is 11.6 Å². The Morgan fingerprint density at radius 1 is 1.04 bits per heavy atom. The number of benzene rings is 1. The topological polar surface area (TPSA) is 57.7 Å². The molecule has 24 heavy (non-hydrogen) atoms. The molecule has 1 fully saturated rings. The van der Waals surface area contributed by atoms with E-state index in [1.165, 1.54) is 16.2 Å². The monoisotopic (exact) mass is 372 g/mol. The maximum atomic E-state index is 13.8. The Morgan fingerprint density at radius 3 is 2.21 bits per heavy atom. The van der Waals surface area contributed by atoms with Gasteiger partial charge in [0, 0.05) is 31.6 Å². The minimum absolute atomic E-state index is 0.00795. The first-order valence-electron chi connectivity index (χ1n) is 7.17. The van der Waals surface area contributed by atoms with Crippen molar-refractivity contribution in [3.63, 3.8) is 0 Å². The van der Waals surface area contributed by atoms with Gasteiger partial charge < -0.3 is 4.90 Å². The van der Waals surface area contributed by atoms with Gasteiger partial charge in [-0.2, -0.15) is 15.6 Å². The quantitative estimate of drug-likeness (QED) is 0.830. The van der Waals surface area contributed by atoms with Crippen LogP contribution < -0.4 is 0 Å². The molecule has 128 valence electrons. The molecule has 1 saturated heterocycles. The zero-order valence-electron chi connectivity index (χ0n) is 12.5. The van der Waals surface area contributed by atoms with Crippen LogP contribution in [0.15, 0.2) is 39.9 Å². The van der Waals surface area contributed by atoms with Crippen LogP contribution >= 0.6 is 11.3 Å². The molecule has 0 unspecified atom stereocenters. The average Bonchev–Trinajstić information content (AvgIpc) is 3.08. The van der Waals surface area contributed by atoms with Crippen LogP contribution in [0.2, 0.25) is 0 Å². The van der Waals surface area contributed by atoms with Gasteiger partial charge in [0.1, 0.15) is 11.6 Å². The highest BCUT2D eigenvalue weighted by atomic mass is 32.2. The summed E-state index contributed by atoms with van der Waals surface area (Å²) in [7, 11) is -4.28. The third-order valence-electron chi connectivity index (χ3n) is 3.81. The summed E-state index contributed by atoms with van der Waals surface area (Å²) in [6.45, 7) is 0.325. The third-order valence-corrected chi connectivity index (χ3v) is 6.44. The van der Waals surface area contributed by atoms with Crippen LogP contribution in [-0.2, 0) is 10.0 Å². The lowest BCUT2D eigenvalue weighted by atomic mass is 10.2. The second kappa shape index (κ2) is 6.58. The molecule has 1 aromatic heterocycles. The lowest BCUT2D eigenvalue weighted by Gasteiger charge is -2.34. The first-order chi connectivity index (χ1) is 11.4. The zero-order valence-corrected chi connectivity index (χ0v) is 14.1.